The highest BCUT2D eigenvalue weighted by molar-refractivity contribution is 6.13. The Kier molecular flexibility index (Phi) is 7.70. The number of nitrogens with one attached hydrogen (secondary N) is 1. The Balaban J connectivity index is 0.877. The first kappa shape index (κ1) is 34.8. The predicted molar refractivity (Wildman–Crippen MR) is 251 cm³/mol. The topological polar surface area (TPSA) is 27.9 Å². The Bertz CT molecular complexity index is 3310. The van der Waals surface area contributed by atoms with Crippen LogP contribution >= 0.6 is 0 Å². The molecule has 1 aliphatic carbocycles. The lowest BCUT2D eigenvalue weighted by molar-refractivity contribution is 0.314. The average molecular weight is 786 g/mol. The molecular weight excluding hydrogens is 743 g/mol. The Morgan fingerprint density at radius 2 is 1.00 bits per heavy atom. The lowest BCUT2D eigenvalue weighted by Crippen LogP contribution is -2.27. The number of rotatable bonds is 6. The molecule has 2 aliphatic heterocycles. The first-order valence-electron chi connectivity index (χ1n) is 21.6. The van der Waals surface area contributed by atoms with E-state index in [1.54, 1.807) is 0 Å². The first-order chi connectivity index (χ1) is 30.2. The van der Waals surface area contributed by atoms with E-state index < -0.39 is 0 Å². The van der Waals surface area contributed by atoms with Gasteiger partial charge in [0.15, 0.2) is 0 Å². The van der Waals surface area contributed by atoms with Crippen LogP contribution in [0, 0.1) is 0 Å². The zero-order chi connectivity index (χ0) is 40.2. The van der Waals surface area contributed by atoms with Crippen LogP contribution in [0.15, 0.2) is 194 Å². The lowest BCUT2D eigenvalue weighted by Gasteiger charge is -2.21. The molecule has 5 atom stereocenters. The normalized spacial score (nSPS) is 21.7. The number of aromatic nitrogens is 2. The van der Waals surface area contributed by atoms with E-state index in [2.05, 4.69) is 232 Å². The molecular formula is C56H43N5. The highest BCUT2D eigenvalue weighted by Crippen LogP contribution is 2.57. The summed E-state index contributed by atoms with van der Waals surface area (Å²) in [5.41, 5.74) is 16.4. The zero-order valence-corrected chi connectivity index (χ0v) is 33.9. The summed E-state index contributed by atoms with van der Waals surface area (Å²) in [5, 5.41) is 13.9. The molecule has 13 rings (SSSR count). The highest BCUT2D eigenvalue weighted by atomic mass is 15.9. The molecule has 0 radical (unpaired) electrons. The summed E-state index contributed by atoms with van der Waals surface area (Å²) < 4.78 is 4.91. The van der Waals surface area contributed by atoms with Crippen molar-refractivity contribution in [3.05, 3.63) is 222 Å². The lowest BCUT2D eigenvalue weighted by atomic mass is 9.87. The number of hydrazine groups is 1. The molecule has 0 amide bonds. The van der Waals surface area contributed by atoms with Gasteiger partial charge in [-0.15, -0.1) is 0 Å². The minimum absolute atomic E-state index is 0.109. The van der Waals surface area contributed by atoms with Crippen LogP contribution in [0.3, 0.4) is 0 Å². The van der Waals surface area contributed by atoms with Gasteiger partial charge in [-0.25, -0.2) is 0 Å². The van der Waals surface area contributed by atoms with Gasteiger partial charge in [0, 0.05) is 32.8 Å². The van der Waals surface area contributed by atoms with Crippen LogP contribution in [0.25, 0.3) is 72.2 Å². The van der Waals surface area contributed by atoms with Gasteiger partial charge in [0.05, 0.1) is 27.8 Å². The molecule has 10 aromatic rings. The van der Waals surface area contributed by atoms with Crippen molar-refractivity contribution in [2.24, 2.45) is 0 Å². The highest BCUT2D eigenvalue weighted by Gasteiger charge is 2.60. The first-order valence-corrected chi connectivity index (χ1v) is 21.6. The Morgan fingerprint density at radius 1 is 0.459 bits per heavy atom. The summed E-state index contributed by atoms with van der Waals surface area (Å²) in [6, 6.07) is 69.5. The number of nitrogens with zero attached hydrogens (tertiary/aromatic N) is 4. The molecule has 2 saturated heterocycles. The Morgan fingerprint density at radius 3 is 1.62 bits per heavy atom. The van der Waals surface area contributed by atoms with E-state index in [0.717, 1.165) is 12.1 Å². The Labute approximate surface area is 355 Å². The monoisotopic (exact) mass is 785 g/mol. The molecule has 2 fully saturated rings. The summed E-state index contributed by atoms with van der Waals surface area (Å²) in [6.07, 6.45) is 6.16. The third-order valence-corrected chi connectivity index (χ3v) is 13.6. The van der Waals surface area contributed by atoms with Crippen LogP contribution in [0.5, 0.6) is 0 Å². The zero-order valence-electron chi connectivity index (χ0n) is 33.9. The van der Waals surface area contributed by atoms with E-state index in [9.17, 15) is 0 Å². The molecule has 4 heterocycles. The van der Waals surface area contributed by atoms with Crippen LogP contribution in [0.1, 0.15) is 65.6 Å². The fourth-order valence-electron chi connectivity index (χ4n) is 10.7. The predicted octanol–water partition coefficient (Wildman–Crippen LogP) is 13.6. The van der Waals surface area contributed by atoms with Crippen LogP contribution in [0.2, 0.25) is 0 Å². The number of fused-ring (bicyclic) bond motifs is 8. The van der Waals surface area contributed by atoms with Gasteiger partial charge < -0.3 is 9.13 Å². The second-order valence-electron chi connectivity index (χ2n) is 17.0. The maximum Gasteiger partial charge on any atom is 0.119 e. The maximum absolute atomic E-state index is 3.89. The fourth-order valence-corrected chi connectivity index (χ4v) is 10.7. The number of hydrogen-bond acceptors (Lipinski definition) is 3. The van der Waals surface area contributed by atoms with Crippen molar-refractivity contribution in [2.45, 2.75) is 37.8 Å². The van der Waals surface area contributed by atoms with Crippen molar-refractivity contribution in [3.8, 4) is 22.5 Å². The molecule has 2 aromatic heterocycles. The van der Waals surface area contributed by atoms with Crippen LogP contribution in [-0.4, -0.2) is 19.2 Å². The molecule has 0 bridgehead atoms. The van der Waals surface area contributed by atoms with Crippen molar-refractivity contribution in [1.82, 2.24) is 24.5 Å². The van der Waals surface area contributed by atoms with Crippen molar-refractivity contribution in [2.75, 3.05) is 0 Å². The van der Waals surface area contributed by atoms with Gasteiger partial charge >= 0.3 is 0 Å². The summed E-state index contributed by atoms with van der Waals surface area (Å²) in [4.78, 5) is 0. The summed E-state index contributed by atoms with van der Waals surface area (Å²) in [5.74, 6) is 0.512. The molecule has 5 heteroatoms. The van der Waals surface area contributed by atoms with E-state index in [1.807, 2.05) is 0 Å². The molecule has 8 aromatic carbocycles. The average Bonchev–Trinajstić information content (AvgIpc) is 3.59. The quantitative estimate of drug-likeness (QED) is 0.170. The van der Waals surface area contributed by atoms with Gasteiger partial charge in [0.1, 0.15) is 18.5 Å². The molecule has 292 valence electrons. The van der Waals surface area contributed by atoms with E-state index >= 15 is 0 Å². The Hall–Kier alpha value is -7.02. The maximum atomic E-state index is 3.89. The molecule has 1 N–H and O–H groups in total. The van der Waals surface area contributed by atoms with Gasteiger partial charge in [-0.05, 0) is 100 Å². The summed E-state index contributed by atoms with van der Waals surface area (Å²) >= 11 is 0. The van der Waals surface area contributed by atoms with Gasteiger partial charge in [-0.1, -0.05) is 153 Å². The minimum Gasteiger partial charge on any atom is -0.309 e. The van der Waals surface area contributed by atoms with E-state index in [4.69, 9.17) is 0 Å². The van der Waals surface area contributed by atoms with Gasteiger partial charge in [0.2, 0.25) is 0 Å². The number of allylic oxidation sites excluding steroid dienone is 1. The third kappa shape index (κ3) is 5.31. The van der Waals surface area contributed by atoms with Crippen LogP contribution in [0.4, 0.5) is 0 Å². The van der Waals surface area contributed by atoms with E-state index in [-0.39, 0.29) is 18.5 Å². The molecule has 0 spiro atoms. The minimum atomic E-state index is 0.109. The van der Waals surface area contributed by atoms with E-state index in [1.165, 1.54) is 88.2 Å². The number of hydrogen-bond donors (Lipinski definition) is 1. The second-order valence-corrected chi connectivity index (χ2v) is 17.0. The van der Waals surface area contributed by atoms with Crippen LogP contribution in [-0.2, 0) is 0 Å². The molecule has 3 aliphatic rings. The standard InChI is InChI=1S/C56H43N5/c1-36-14-12-22-44-43(36)21-13-25-51(44)59-50-24-11-9-20-46(50)48-35-41(29-33-53(48)59)40-28-32-52-47(34-40)45-19-8-10-23-49(45)58(52)42-30-26-39(27-31-42)56-60-54(37-15-4-2-5-16-37)57-55(61(56)60)38-17-6-3-7-18-38/h2-13,15-36,54-57H,14H2,1H3. The molecule has 5 nitrogen and oxygen atoms in total. The van der Waals surface area contributed by atoms with Gasteiger partial charge in [-0.2, -0.15) is 10.0 Å². The molecule has 0 saturated carbocycles. The van der Waals surface area contributed by atoms with Crippen molar-refractivity contribution in [3.63, 3.8) is 0 Å². The summed E-state index contributed by atoms with van der Waals surface area (Å²) in [6.45, 7) is 2.34. The fraction of sp³-hybridized carbons (Fsp3) is 0.107. The third-order valence-electron chi connectivity index (χ3n) is 13.6. The van der Waals surface area contributed by atoms with E-state index in [0.29, 0.717) is 5.92 Å². The molecule has 5 unspecified atom stereocenters. The number of para-hydroxylation sites is 2. The van der Waals surface area contributed by atoms with Gasteiger partial charge in [0.25, 0.3) is 0 Å². The largest absolute Gasteiger partial charge is 0.309 e. The smallest absolute Gasteiger partial charge is 0.119 e. The second kappa shape index (κ2) is 13.5. The number of benzene rings is 8. The van der Waals surface area contributed by atoms with Crippen molar-refractivity contribution < 1.29 is 0 Å². The van der Waals surface area contributed by atoms with Gasteiger partial charge in [-0.3, -0.25) is 5.32 Å². The summed E-state index contributed by atoms with van der Waals surface area (Å²) in [7, 11) is 0. The van der Waals surface area contributed by atoms with Crippen molar-refractivity contribution in [1.29, 1.82) is 0 Å². The SMILES string of the molecule is CC1CC=Cc2c1cccc2-n1c2ccccc2c2cc(-c3ccc4c(c3)c3ccccc3n4-c3ccc(C4N5C(c6ccccc6)NC(c6ccccc6)N45)cc3)ccc21. The molecule has 61 heavy (non-hydrogen) atoms. The van der Waals surface area contributed by atoms with Crippen LogP contribution < -0.4 is 5.32 Å². The van der Waals surface area contributed by atoms with Crippen molar-refractivity contribution >= 4 is 49.7 Å².